The van der Waals surface area contributed by atoms with Crippen LogP contribution in [0.4, 0.5) is 24.7 Å². The average Bonchev–Trinajstić information content (AvgIpc) is 3.11. The first-order chi connectivity index (χ1) is 12.5. The molecule has 0 radical (unpaired) electrons. The van der Waals surface area contributed by atoms with Gasteiger partial charge in [0.2, 0.25) is 0 Å². The van der Waals surface area contributed by atoms with E-state index in [4.69, 9.17) is 0 Å². The van der Waals surface area contributed by atoms with Crippen molar-refractivity contribution in [3.8, 4) is 11.3 Å². The molecule has 0 spiro atoms. The summed E-state index contributed by atoms with van der Waals surface area (Å²) in [7, 11) is 0. The lowest BCUT2D eigenvalue weighted by molar-refractivity contribution is -0.137. The largest absolute Gasteiger partial charge is 0.416 e. The molecule has 4 rings (SSSR count). The summed E-state index contributed by atoms with van der Waals surface area (Å²) >= 11 is 1.54. The van der Waals surface area contributed by atoms with Gasteiger partial charge in [0.25, 0.3) is 0 Å². The van der Waals surface area contributed by atoms with Gasteiger partial charge in [0.1, 0.15) is 17.7 Å². The molecule has 8 heteroatoms. The van der Waals surface area contributed by atoms with Crippen LogP contribution in [-0.4, -0.2) is 15.0 Å². The van der Waals surface area contributed by atoms with Crippen LogP contribution in [-0.2, 0) is 6.18 Å². The van der Waals surface area contributed by atoms with E-state index in [0.717, 1.165) is 28.0 Å². The maximum absolute atomic E-state index is 12.7. The molecule has 0 unspecified atom stereocenters. The molecule has 2 aromatic heterocycles. The summed E-state index contributed by atoms with van der Waals surface area (Å²) in [4.78, 5) is 12.7. The number of nitrogens with one attached hydrogen (secondary N) is 1. The zero-order valence-electron chi connectivity index (χ0n) is 13.2. The lowest BCUT2D eigenvalue weighted by atomic mass is 10.1. The second kappa shape index (κ2) is 6.38. The van der Waals surface area contributed by atoms with Crippen molar-refractivity contribution in [2.75, 3.05) is 5.32 Å². The molecule has 2 aromatic carbocycles. The third-order valence-corrected chi connectivity index (χ3v) is 4.59. The van der Waals surface area contributed by atoms with Gasteiger partial charge >= 0.3 is 6.18 Å². The van der Waals surface area contributed by atoms with Crippen LogP contribution in [0.15, 0.2) is 60.4 Å². The maximum atomic E-state index is 12.7. The smallest absolute Gasteiger partial charge is 0.338 e. The monoisotopic (exact) mass is 372 g/mol. The Morgan fingerprint density at radius 2 is 1.73 bits per heavy atom. The van der Waals surface area contributed by atoms with Gasteiger partial charge in [0, 0.05) is 11.6 Å². The van der Waals surface area contributed by atoms with Gasteiger partial charge in [-0.05, 0) is 24.3 Å². The Labute approximate surface area is 150 Å². The van der Waals surface area contributed by atoms with Gasteiger partial charge in [0.15, 0.2) is 0 Å². The molecule has 4 aromatic rings. The average molecular weight is 372 g/mol. The van der Waals surface area contributed by atoms with Gasteiger partial charge in [-0.25, -0.2) is 15.0 Å². The molecule has 4 nitrogen and oxygen atoms in total. The third-order valence-electron chi connectivity index (χ3n) is 3.80. The van der Waals surface area contributed by atoms with Crippen LogP contribution in [0.1, 0.15) is 5.56 Å². The van der Waals surface area contributed by atoms with E-state index < -0.39 is 11.7 Å². The Bertz CT molecular complexity index is 1060. The third kappa shape index (κ3) is 3.23. The highest BCUT2D eigenvalue weighted by Crippen LogP contribution is 2.31. The highest BCUT2D eigenvalue weighted by atomic mass is 32.1. The lowest BCUT2D eigenvalue weighted by Crippen LogP contribution is -2.04. The molecule has 0 aliphatic heterocycles. The van der Waals surface area contributed by atoms with Crippen molar-refractivity contribution in [3.63, 3.8) is 0 Å². The molecule has 0 bridgehead atoms. The van der Waals surface area contributed by atoms with Crippen LogP contribution >= 0.6 is 11.3 Å². The number of benzene rings is 2. The summed E-state index contributed by atoms with van der Waals surface area (Å²) in [6.07, 6.45) is -2.99. The number of halogens is 3. The minimum Gasteiger partial charge on any atom is -0.338 e. The normalized spacial score (nSPS) is 11.7. The number of hydrogen-bond acceptors (Lipinski definition) is 5. The van der Waals surface area contributed by atoms with Crippen molar-refractivity contribution in [3.05, 3.63) is 65.9 Å². The maximum Gasteiger partial charge on any atom is 0.416 e. The Hall–Kier alpha value is -3.00. The van der Waals surface area contributed by atoms with Crippen molar-refractivity contribution in [2.24, 2.45) is 0 Å². The fourth-order valence-corrected chi connectivity index (χ4v) is 3.24. The van der Waals surface area contributed by atoms with Crippen molar-refractivity contribution in [1.29, 1.82) is 0 Å². The number of nitrogens with zero attached hydrogens (tertiary/aromatic N) is 3. The molecule has 1 N–H and O–H groups in total. The summed E-state index contributed by atoms with van der Waals surface area (Å²) in [6, 6.07) is 12.4. The van der Waals surface area contributed by atoms with Crippen LogP contribution in [0.25, 0.3) is 21.5 Å². The van der Waals surface area contributed by atoms with E-state index in [2.05, 4.69) is 20.3 Å². The predicted molar refractivity (Wildman–Crippen MR) is 95.4 cm³/mol. The van der Waals surface area contributed by atoms with E-state index in [-0.39, 0.29) is 0 Å². The molecule has 0 aliphatic rings. The van der Waals surface area contributed by atoms with Crippen LogP contribution in [0.3, 0.4) is 0 Å². The van der Waals surface area contributed by atoms with Gasteiger partial charge in [-0.2, -0.15) is 13.2 Å². The fraction of sp³-hybridized carbons (Fsp3) is 0.0556. The van der Waals surface area contributed by atoms with Gasteiger partial charge in [-0.3, -0.25) is 0 Å². The molecular weight excluding hydrogens is 361 g/mol. The van der Waals surface area contributed by atoms with E-state index >= 15 is 0 Å². The van der Waals surface area contributed by atoms with Crippen LogP contribution in [0, 0.1) is 0 Å². The molecule has 0 fully saturated rings. The highest BCUT2D eigenvalue weighted by Gasteiger charge is 2.30. The number of aromatic nitrogens is 3. The number of fused-ring (bicyclic) bond motifs is 1. The fourth-order valence-electron chi connectivity index (χ4n) is 2.54. The first-order valence-electron chi connectivity index (χ1n) is 7.59. The lowest BCUT2D eigenvalue weighted by Gasteiger charge is -2.09. The molecule has 0 aliphatic carbocycles. The number of anilines is 2. The van der Waals surface area contributed by atoms with E-state index in [0.29, 0.717) is 17.1 Å². The zero-order valence-corrected chi connectivity index (χ0v) is 14.0. The summed E-state index contributed by atoms with van der Waals surface area (Å²) in [5, 5.41) is 3.19. The number of hydrogen-bond donors (Lipinski definition) is 1. The van der Waals surface area contributed by atoms with Gasteiger partial charge in [-0.15, -0.1) is 11.3 Å². The second-order valence-corrected chi connectivity index (χ2v) is 6.38. The SMILES string of the molecule is FC(F)(F)c1ccc(-c2cc(Nc3cccc4scnc34)ncn2)cc1. The summed E-state index contributed by atoms with van der Waals surface area (Å²) in [6.45, 7) is 0. The quantitative estimate of drug-likeness (QED) is 0.515. The Balaban J connectivity index is 1.64. The minimum absolute atomic E-state index is 0.529. The van der Waals surface area contributed by atoms with E-state index in [9.17, 15) is 13.2 Å². The highest BCUT2D eigenvalue weighted by molar-refractivity contribution is 7.16. The van der Waals surface area contributed by atoms with Crippen molar-refractivity contribution >= 4 is 33.1 Å². The summed E-state index contributed by atoms with van der Waals surface area (Å²) in [5.74, 6) is 0.537. The molecule has 0 saturated heterocycles. The van der Waals surface area contributed by atoms with Gasteiger partial charge < -0.3 is 5.32 Å². The standard InChI is InChI=1S/C18H11F3N4S/c19-18(20,21)12-6-4-11(5-7-12)14-8-16(23-9-22-14)25-13-2-1-3-15-17(13)24-10-26-15/h1-10H,(H,22,23,25). The van der Waals surface area contributed by atoms with Crippen molar-refractivity contribution < 1.29 is 13.2 Å². The predicted octanol–water partition coefficient (Wildman–Crippen LogP) is 5.52. The van der Waals surface area contributed by atoms with E-state index in [1.54, 1.807) is 11.6 Å². The number of thiazole rings is 1. The number of rotatable bonds is 3. The van der Waals surface area contributed by atoms with Crippen molar-refractivity contribution in [2.45, 2.75) is 6.18 Å². The first-order valence-corrected chi connectivity index (χ1v) is 8.47. The molecule has 130 valence electrons. The molecular formula is C18H11F3N4S. The van der Waals surface area contributed by atoms with Crippen molar-refractivity contribution in [1.82, 2.24) is 15.0 Å². The number of alkyl halides is 3. The Morgan fingerprint density at radius 3 is 2.50 bits per heavy atom. The first kappa shape index (κ1) is 16.5. The Morgan fingerprint density at radius 1 is 0.923 bits per heavy atom. The van der Waals surface area contributed by atoms with Crippen LogP contribution in [0.5, 0.6) is 0 Å². The minimum atomic E-state index is -4.36. The molecule has 0 atom stereocenters. The molecule has 0 amide bonds. The molecule has 0 saturated carbocycles. The Kier molecular flexibility index (Phi) is 4.04. The van der Waals surface area contributed by atoms with Crippen LogP contribution in [0.2, 0.25) is 0 Å². The van der Waals surface area contributed by atoms with Gasteiger partial charge in [-0.1, -0.05) is 18.2 Å². The zero-order chi connectivity index (χ0) is 18.1. The van der Waals surface area contributed by atoms with E-state index in [1.165, 1.54) is 29.8 Å². The van der Waals surface area contributed by atoms with E-state index in [1.807, 2.05) is 18.2 Å². The summed E-state index contributed by atoms with van der Waals surface area (Å²) in [5.41, 5.74) is 3.83. The van der Waals surface area contributed by atoms with Gasteiger partial charge in [0.05, 0.1) is 27.2 Å². The molecule has 26 heavy (non-hydrogen) atoms. The molecule has 2 heterocycles. The second-order valence-electron chi connectivity index (χ2n) is 5.49. The number of para-hydroxylation sites is 1. The van der Waals surface area contributed by atoms with Crippen LogP contribution < -0.4 is 5.32 Å². The summed E-state index contributed by atoms with van der Waals surface area (Å²) < 4.78 is 39.1. The topological polar surface area (TPSA) is 50.7 Å².